The van der Waals surface area contributed by atoms with Crippen molar-refractivity contribution in [2.24, 2.45) is 11.0 Å². The number of nitrogens with zero attached hydrogens (tertiary/aromatic N) is 2. The largest absolute Gasteiger partial charge is 0.460 e. The lowest BCUT2D eigenvalue weighted by molar-refractivity contribution is 0.500. The second-order valence-electron chi connectivity index (χ2n) is 4.86. The summed E-state index contributed by atoms with van der Waals surface area (Å²) in [4.78, 5) is 11.2. The van der Waals surface area contributed by atoms with Crippen LogP contribution >= 0.6 is 11.6 Å². The number of aromatic nitrogens is 2. The second-order valence-corrected chi connectivity index (χ2v) is 5.23. The molecule has 2 N–H and O–H groups in total. The minimum atomic E-state index is -0.463. The number of nitrogens with one attached hydrogen (secondary N) is 2. The van der Waals surface area contributed by atoms with Crippen molar-refractivity contribution in [2.45, 2.75) is 19.3 Å². The molecule has 6 nitrogen and oxygen atoms in total. The Kier molecular flexibility index (Phi) is 3.31. The maximum atomic E-state index is 11.2. The van der Waals surface area contributed by atoms with Gasteiger partial charge in [-0.3, -0.25) is 10.2 Å². The Morgan fingerprint density at radius 2 is 2.40 bits per heavy atom. The van der Waals surface area contributed by atoms with Crippen molar-refractivity contribution >= 4 is 23.5 Å². The van der Waals surface area contributed by atoms with Gasteiger partial charge < -0.3 is 4.42 Å². The van der Waals surface area contributed by atoms with Gasteiger partial charge in [-0.1, -0.05) is 18.5 Å². The maximum absolute atomic E-state index is 11.2. The van der Waals surface area contributed by atoms with Gasteiger partial charge in [-0.05, 0) is 24.5 Å². The topological polar surface area (TPSA) is 83.3 Å². The maximum Gasteiger partial charge on any atom is 0.285 e. The van der Waals surface area contributed by atoms with E-state index < -0.39 is 5.56 Å². The van der Waals surface area contributed by atoms with E-state index in [2.05, 4.69) is 27.6 Å². The summed E-state index contributed by atoms with van der Waals surface area (Å²) in [5.74, 6) is 2.89. The third-order valence-electron chi connectivity index (χ3n) is 3.29. The monoisotopic (exact) mass is 292 g/mol. The molecule has 0 aromatic carbocycles. The van der Waals surface area contributed by atoms with Gasteiger partial charge in [0.05, 0.1) is 12.4 Å². The number of hydrogen-bond acceptors (Lipinski definition) is 5. The lowest BCUT2D eigenvalue weighted by atomic mass is 10.3. The van der Waals surface area contributed by atoms with Gasteiger partial charge in [0.2, 0.25) is 0 Å². The van der Waals surface area contributed by atoms with E-state index >= 15 is 0 Å². The molecule has 2 aromatic rings. The smallest absolute Gasteiger partial charge is 0.285 e. The normalized spacial score (nSPS) is 21.3. The van der Waals surface area contributed by atoms with Crippen LogP contribution in [0.4, 0.5) is 5.69 Å². The second kappa shape index (κ2) is 5.13. The summed E-state index contributed by atoms with van der Waals surface area (Å²) in [7, 11) is 0. The van der Waals surface area contributed by atoms with E-state index in [0.717, 1.165) is 5.76 Å². The highest BCUT2D eigenvalue weighted by Crippen LogP contribution is 2.47. The Bertz CT molecular complexity index is 706. The molecule has 0 radical (unpaired) electrons. The number of anilines is 1. The molecule has 0 unspecified atom stereocenters. The van der Waals surface area contributed by atoms with Gasteiger partial charge in [0.1, 0.15) is 22.2 Å². The minimum absolute atomic E-state index is 0.0177. The van der Waals surface area contributed by atoms with Crippen molar-refractivity contribution in [1.82, 2.24) is 10.2 Å². The van der Waals surface area contributed by atoms with Crippen LogP contribution in [0.2, 0.25) is 5.02 Å². The van der Waals surface area contributed by atoms with E-state index in [1.165, 1.54) is 18.8 Å². The highest BCUT2D eigenvalue weighted by molar-refractivity contribution is 6.32. The van der Waals surface area contributed by atoms with Crippen molar-refractivity contribution in [3.8, 4) is 0 Å². The number of halogens is 1. The highest BCUT2D eigenvalue weighted by Gasteiger charge is 2.36. The summed E-state index contributed by atoms with van der Waals surface area (Å²) in [6.45, 7) is 2.20. The van der Waals surface area contributed by atoms with Crippen LogP contribution in [0, 0.1) is 5.92 Å². The number of furan rings is 1. The fraction of sp³-hybridized carbons (Fsp3) is 0.308. The molecule has 1 aliphatic rings. The van der Waals surface area contributed by atoms with Crippen LogP contribution in [0.5, 0.6) is 0 Å². The van der Waals surface area contributed by atoms with Crippen LogP contribution in [-0.4, -0.2) is 16.4 Å². The summed E-state index contributed by atoms with van der Waals surface area (Å²) in [6, 6.07) is 3.83. The number of rotatable bonds is 4. The SMILES string of the molecule is C[C@H]1C[C@H]1c1ccc(/C=N\Nc2cn[nH]c(=O)c2Cl)o1. The predicted molar refractivity (Wildman–Crippen MR) is 76.3 cm³/mol. The first kappa shape index (κ1) is 12.9. The average Bonchev–Trinajstić information content (AvgIpc) is 2.98. The minimum Gasteiger partial charge on any atom is -0.460 e. The van der Waals surface area contributed by atoms with Crippen LogP contribution in [0.25, 0.3) is 0 Å². The average molecular weight is 293 g/mol. The van der Waals surface area contributed by atoms with Crippen LogP contribution < -0.4 is 11.0 Å². The van der Waals surface area contributed by atoms with E-state index in [9.17, 15) is 4.79 Å². The molecule has 2 atom stereocenters. The summed E-state index contributed by atoms with van der Waals surface area (Å²) < 4.78 is 5.66. The molecule has 104 valence electrons. The molecule has 1 saturated carbocycles. The van der Waals surface area contributed by atoms with Crippen LogP contribution in [0.15, 0.2) is 32.6 Å². The fourth-order valence-electron chi connectivity index (χ4n) is 1.98. The molecule has 20 heavy (non-hydrogen) atoms. The number of aromatic amines is 1. The predicted octanol–water partition coefficient (Wildman–Crippen LogP) is 2.59. The van der Waals surface area contributed by atoms with Gasteiger partial charge in [-0.15, -0.1) is 0 Å². The van der Waals surface area contributed by atoms with Crippen molar-refractivity contribution in [1.29, 1.82) is 0 Å². The first-order chi connectivity index (χ1) is 9.65. The zero-order valence-electron chi connectivity index (χ0n) is 10.8. The standard InChI is InChI=1S/C13H13ClN4O2/c1-7-4-9(7)11-3-2-8(20-11)5-15-17-10-6-16-18-13(19)12(10)14/h2-3,5-7,9H,4H2,1H3,(H2,17,18,19)/b15-5-/t7-,9+/m0/s1. The van der Waals surface area contributed by atoms with Crippen molar-refractivity contribution in [3.63, 3.8) is 0 Å². The Morgan fingerprint density at radius 1 is 1.60 bits per heavy atom. The molecule has 3 rings (SSSR count). The Hall–Kier alpha value is -2.08. The Balaban J connectivity index is 1.67. The first-order valence-electron chi connectivity index (χ1n) is 6.27. The molecule has 0 saturated heterocycles. The molecule has 7 heteroatoms. The first-order valence-corrected chi connectivity index (χ1v) is 6.65. The molecular weight excluding hydrogens is 280 g/mol. The third-order valence-corrected chi connectivity index (χ3v) is 3.67. The molecule has 0 aliphatic heterocycles. The molecule has 1 fully saturated rings. The molecule has 1 aliphatic carbocycles. The zero-order valence-corrected chi connectivity index (χ0v) is 11.5. The fourth-order valence-corrected chi connectivity index (χ4v) is 2.12. The Morgan fingerprint density at radius 3 is 3.15 bits per heavy atom. The number of H-pyrrole nitrogens is 1. The van der Waals surface area contributed by atoms with Gasteiger partial charge in [0.25, 0.3) is 5.56 Å². The lowest BCUT2D eigenvalue weighted by Gasteiger charge is -1.99. The van der Waals surface area contributed by atoms with E-state index in [4.69, 9.17) is 16.0 Å². The molecule has 0 bridgehead atoms. The molecule has 0 spiro atoms. The van der Waals surface area contributed by atoms with E-state index in [-0.39, 0.29) is 5.02 Å². The molecular formula is C13H13ClN4O2. The third kappa shape index (κ3) is 2.60. The zero-order chi connectivity index (χ0) is 14.1. The van der Waals surface area contributed by atoms with Gasteiger partial charge in [-0.2, -0.15) is 10.2 Å². The van der Waals surface area contributed by atoms with E-state index in [0.29, 0.717) is 23.3 Å². The van der Waals surface area contributed by atoms with Gasteiger partial charge >= 0.3 is 0 Å². The Labute approximate surface area is 119 Å². The number of hydrazone groups is 1. The highest BCUT2D eigenvalue weighted by atomic mass is 35.5. The van der Waals surface area contributed by atoms with Gasteiger partial charge in [-0.25, -0.2) is 5.10 Å². The molecule has 2 aromatic heterocycles. The van der Waals surface area contributed by atoms with Crippen LogP contribution in [-0.2, 0) is 0 Å². The van der Waals surface area contributed by atoms with Crippen LogP contribution in [0.3, 0.4) is 0 Å². The summed E-state index contributed by atoms with van der Waals surface area (Å²) >= 11 is 5.80. The van der Waals surface area contributed by atoms with Crippen LogP contribution in [0.1, 0.15) is 30.8 Å². The number of hydrogen-bond donors (Lipinski definition) is 2. The van der Waals surface area contributed by atoms with Gasteiger partial charge in [0.15, 0.2) is 0 Å². The van der Waals surface area contributed by atoms with Crippen molar-refractivity contribution < 1.29 is 4.42 Å². The molecule has 2 heterocycles. The lowest BCUT2D eigenvalue weighted by Crippen LogP contribution is -2.09. The van der Waals surface area contributed by atoms with E-state index in [1.54, 1.807) is 0 Å². The van der Waals surface area contributed by atoms with Crippen molar-refractivity contribution in [3.05, 3.63) is 45.2 Å². The quantitative estimate of drug-likeness (QED) is 0.670. The van der Waals surface area contributed by atoms with E-state index in [1.807, 2.05) is 12.1 Å². The molecule has 0 amide bonds. The summed E-state index contributed by atoms with van der Waals surface area (Å²) in [5.41, 5.74) is 2.54. The summed E-state index contributed by atoms with van der Waals surface area (Å²) in [6.07, 6.45) is 4.10. The van der Waals surface area contributed by atoms with Gasteiger partial charge in [0, 0.05) is 5.92 Å². The van der Waals surface area contributed by atoms with Crippen molar-refractivity contribution in [2.75, 3.05) is 5.43 Å². The summed E-state index contributed by atoms with van der Waals surface area (Å²) in [5, 5.41) is 9.86.